The Morgan fingerprint density at radius 3 is 2.89 bits per heavy atom. The second-order valence-electron chi connectivity index (χ2n) is 7.96. The quantitative estimate of drug-likeness (QED) is 0.891. The molecule has 1 aromatic heterocycles. The average Bonchev–Trinajstić information content (AvgIpc) is 3.00. The number of aryl methyl sites for hydroxylation is 1. The molecule has 0 aliphatic carbocycles. The fourth-order valence-electron chi connectivity index (χ4n) is 4.43. The Morgan fingerprint density at radius 2 is 2.07 bits per heavy atom. The summed E-state index contributed by atoms with van der Waals surface area (Å²) >= 11 is 0. The molecule has 1 aromatic carbocycles. The normalized spacial score (nSPS) is 20.7. The van der Waals surface area contributed by atoms with Crippen LogP contribution in [-0.2, 0) is 0 Å². The lowest BCUT2D eigenvalue weighted by Crippen LogP contribution is -2.35. The van der Waals surface area contributed by atoms with Gasteiger partial charge in [0.2, 0.25) is 0 Å². The lowest BCUT2D eigenvalue weighted by molar-refractivity contribution is 0.0767. The van der Waals surface area contributed by atoms with E-state index in [1.807, 2.05) is 29.4 Å². The molecule has 2 fully saturated rings. The minimum absolute atomic E-state index is 0.166. The molecule has 4 rings (SSSR count). The minimum atomic E-state index is 0.166. The summed E-state index contributed by atoms with van der Waals surface area (Å²) in [5, 5.41) is 3.47. The molecule has 0 spiro atoms. The van der Waals surface area contributed by atoms with Crippen LogP contribution in [0.1, 0.15) is 46.7 Å². The third-order valence-corrected chi connectivity index (χ3v) is 6.02. The monoisotopic (exact) mass is 378 g/mol. The van der Waals surface area contributed by atoms with Crippen molar-refractivity contribution in [2.24, 2.45) is 0 Å². The molecule has 0 saturated carbocycles. The van der Waals surface area contributed by atoms with Gasteiger partial charge in [-0.05, 0) is 68.0 Å². The van der Waals surface area contributed by atoms with E-state index in [0.717, 1.165) is 51.3 Å². The summed E-state index contributed by atoms with van der Waals surface area (Å²) in [5.41, 5.74) is 4.55. The molecule has 0 bridgehead atoms. The molecule has 3 heterocycles. The van der Waals surface area contributed by atoms with Crippen LogP contribution in [0.25, 0.3) is 0 Å². The number of carbonyl (C=O) groups is 1. The molecule has 2 saturated heterocycles. The number of pyridine rings is 1. The first-order chi connectivity index (χ1) is 13.7. The van der Waals surface area contributed by atoms with Gasteiger partial charge in [-0.1, -0.05) is 12.1 Å². The first kappa shape index (κ1) is 18.9. The Balaban J connectivity index is 1.44. The van der Waals surface area contributed by atoms with Crippen molar-refractivity contribution in [3.63, 3.8) is 0 Å². The van der Waals surface area contributed by atoms with Crippen LogP contribution < -0.4 is 10.2 Å². The molecule has 148 valence electrons. The highest BCUT2D eigenvalue weighted by molar-refractivity contribution is 5.94. The number of aromatic nitrogens is 1. The Bertz CT molecular complexity index is 816. The predicted molar refractivity (Wildman–Crippen MR) is 113 cm³/mol. The summed E-state index contributed by atoms with van der Waals surface area (Å²) < 4.78 is 0. The van der Waals surface area contributed by atoms with Gasteiger partial charge in [0.05, 0.1) is 0 Å². The Hall–Kier alpha value is -2.40. The van der Waals surface area contributed by atoms with E-state index in [2.05, 4.69) is 40.3 Å². The van der Waals surface area contributed by atoms with Crippen molar-refractivity contribution in [1.82, 2.24) is 15.2 Å². The van der Waals surface area contributed by atoms with Crippen LogP contribution in [0.3, 0.4) is 0 Å². The van der Waals surface area contributed by atoms with Crippen LogP contribution in [-0.4, -0.2) is 55.1 Å². The van der Waals surface area contributed by atoms with Gasteiger partial charge >= 0.3 is 0 Å². The average molecular weight is 379 g/mol. The van der Waals surface area contributed by atoms with E-state index in [-0.39, 0.29) is 5.91 Å². The van der Waals surface area contributed by atoms with Gasteiger partial charge in [-0.25, -0.2) is 0 Å². The summed E-state index contributed by atoms with van der Waals surface area (Å²) in [6.07, 6.45) is 7.16. The van der Waals surface area contributed by atoms with Crippen molar-refractivity contribution in [2.45, 2.75) is 32.1 Å². The second kappa shape index (κ2) is 8.74. The fraction of sp³-hybridized carbons (Fsp3) is 0.478. The van der Waals surface area contributed by atoms with Crippen LogP contribution in [0.4, 0.5) is 5.69 Å². The second-order valence-corrected chi connectivity index (χ2v) is 7.96. The molecule has 5 nitrogen and oxygen atoms in total. The predicted octanol–water partition coefficient (Wildman–Crippen LogP) is 3.21. The van der Waals surface area contributed by atoms with Gasteiger partial charge < -0.3 is 15.1 Å². The third-order valence-electron chi connectivity index (χ3n) is 6.02. The molecule has 1 amide bonds. The van der Waals surface area contributed by atoms with Crippen molar-refractivity contribution in [2.75, 3.05) is 44.2 Å². The Morgan fingerprint density at radius 1 is 1.14 bits per heavy atom. The fourth-order valence-corrected chi connectivity index (χ4v) is 4.43. The van der Waals surface area contributed by atoms with Crippen molar-refractivity contribution < 1.29 is 4.79 Å². The highest BCUT2D eigenvalue weighted by Gasteiger charge is 2.22. The number of nitrogens with one attached hydrogen (secondary N) is 1. The van der Waals surface area contributed by atoms with E-state index in [1.165, 1.54) is 29.7 Å². The summed E-state index contributed by atoms with van der Waals surface area (Å²) in [6.45, 7) is 7.63. The van der Waals surface area contributed by atoms with E-state index in [0.29, 0.717) is 5.92 Å². The number of nitrogens with zero attached hydrogens (tertiary/aromatic N) is 3. The van der Waals surface area contributed by atoms with Gasteiger partial charge in [-0.3, -0.25) is 9.78 Å². The standard InChI is InChI=1S/C23H30N4O/c1-18-16-25-10-8-22(18)26-11-4-12-27(14-13-26)23(28)20-6-2-5-19(15-20)21-7-3-9-24-17-21/h2,5-6,8,10,15-16,21,24H,3-4,7,9,11-14,17H2,1H3/t21-/m0/s1. The SMILES string of the molecule is Cc1cnccc1N1CCCN(C(=O)c2cccc([C@H]3CCCNC3)c2)CC1. The summed E-state index contributed by atoms with van der Waals surface area (Å²) in [7, 11) is 0. The number of benzene rings is 1. The zero-order chi connectivity index (χ0) is 19.3. The molecule has 2 aromatic rings. The van der Waals surface area contributed by atoms with E-state index in [4.69, 9.17) is 0 Å². The first-order valence-electron chi connectivity index (χ1n) is 10.5. The summed E-state index contributed by atoms with van der Waals surface area (Å²) in [6, 6.07) is 10.4. The van der Waals surface area contributed by atoms with Crippen molar-refractivity contribution in [1.29, 1.82) is 0 Å². The molecular weight excluding hydrogens is 348 g/mol. The third kappa shape index (κ3) is 4.20. The van der Waals surface area contributed by atoms with Gasteiger partial charge in [-0.2, -0.15) is 0 Å². The Labute approximate surface area is 167 Å². The smallest absolute Gasteiger partial charge is 0.253 e. The number of piperidine rings is 1. The summed E-state index contributed by atoms with van der Waals surface area (Å²) in [5.74, 6) is 0.690. The molecule has 0 unspecified atom stereocenters. The maximum atomic E-state index is 13.2. The lowest BCUT2D eigenvalue weighted by Gasteiger charge is -2.26. The van der Waals surface area contributed by atoms with Crippen molar-refractivity contribution >= 4 is 11.6 Å². The number of amides is 1. The molecule has 5 heteroatoms. The molecule has 0 radical (unpaired) electrons. The van der Waals surface area contributed by atoms with E-state index >= 15 is 0 Å². The number of hydrogen-bond acceptors (Lipinski definition) is 4. The zero-order valence-electron chi connectivity index (χ0n) is 16.7. The van der Waals surface area contributed by atoms with Crippen molar-refractivity contribution in [3.05, 3.63) is 59.4 Å². The first-order valence-corrected chi connectivity index (χ1v) is 10.5. The maximum Gasteiger partial charge on any atom is 0.253 e. The van der Waals surface area contributed by atoms with Crippen LogP contribution in [0, 0.1) is 6.92 Å². The number of hydrogen-bond donors (Lipinski definition) is 1. The van der Waals surface area contributed by atoms with Crippen LogP contribution in [0.2, 0.25) is 0 Å². The molecule has 28 heavy (non-hydrogen) atoms. The number of carbonyl (C=O) groups excluding carboxylic acids is 1. The van der Waals surface area contributed by atoms with Gasteiger partial charge in [0.1, 0.15) is 0 Å². The molecular formula is C23H30N4O. The topological polar surface area (TPSA) is 48.5 Å². The van der Waals surface area contributed by atoms with Gasteiger partial charge in [0, 0.05) is 56.4 Å². The van der Waals surface area contributed by atoms with E-state index in [1.54, 1.807) is 0 Å². The van der Waals surface area contributed by atoms with E-state index in [9.17, 15) is 4.79 Å². The number of rotatable bonds is 3. The van der Waals surface area contributed by atoms with Crippen LogP contribution in [0.15, 0.2) is 42.7 Å². The molecule has 2 aliphatic heterocycles. The van der Waals surface area contributed by atoms with Crippen LogP contribution in [0.5, 0.6) is 0 Å². The molecule has 2 aliphatic rings. The van der Waals surface area contributed by atoms with Gasteiger partial charge in [-0.15, -0.1) is 0 Å². The van der Waals surface area contributed by atoms with Gasteiger partial charge in [0.15, 0.2) is 0 Å². The van der Waals surface area contributed by atoms with Gasteiger partial charge in [0.25, 0.3) is 5.91 Å². The lowest BCUT2D eigenvalue weighted by atomic mass is 9.90. The van der Waals surface area contributed by atoms with E-state index < -0.39 is 0 Å². The largest absolute Gasteiger partial charge is 0.369 e. The maximum absolute atomic E-state index is 13.2. The van der Waals surface area contributed by atoms with Crippen LogP contribution >= 0.6 is 0 Å². The molecule has 1 N–H and O–H groups in total. The highest BCUT2D eigenvalue weighted by atomic mass is 16.2. The number of anilines is 1. The molecule has 1 atom stereocenters. The minimum Gasteiger partial charge on any atom is -0.369 e. The zero-order valence-corrected chi connectivity index (χ0v) is 16.7. The van der Waals surface area contributed by atoms with Crippen molar-refractivity contribution in [3.8, 4) is 0 Å². The Kier molecular flexibility index (Phi) is 5.91. The summed E-state index contributed by atoms with van der Waals surface area (Å²) in [4.78, 5) is 21.8. The highest BCUT2D eigenvalue weighted by Crippen LogP contribution is 2.25.